The Labute approximate surface area is 125 Å². The summed E-state index contributed by atoms with van der Waals surface area (Å²) in [6.45, 7) is 4.06. The molecular weight excluding hydrogens is 292 g/mol. The minimum atomic E-state index is -3.80. The van der Waals surface area contributed by atoms with Crippen LogP contribution in [-0.4, -0.2) is 39.8 Å². The van der Waals surface area contributed by atoms with Crippen molar-refractivity contribution < 1.29 is 17.9 Å². The van der Waals surface area contributed by atoms with E-state index in [2.05, 4.69) is 5.32 Å². The molecule has 1 rings (SSSR count). The number of hydrogen-bond acceptors (Lipinski definition) is 5. The monoisotopic (exact) mass is 314 g/mol. The Morgan fingerprint density at radius 2 is 2.10 bits per heavy atom. The highest BCUT2D eigenvalue weighted by Crippen LogP contribution is 2.23. The van der Waals surface area contributed by atoms with Crippen LogP contribution >= 0.6 is 0 Å². The second-order valence-electron chi connectivity index (χ2n) is 4.87. The van der Waals surface area contributed by atoms with Gasteiger partial charge in [-0.1, -0.05) is 6.07 Å². The number of anilines is 1. The van der Waals surface area contributed by atoms with Gasteiger partial charge in [0.1, 0.15) is 5.25 Å². The molecule has 0 heterocycles. The Morgan fingerprint density at radius 3 is 2.67 bits per heavy atom. The molecule has 0 bridgehead atoms. The number of ether oxygens (including phenoxy) is 1. The van der Waals surface area contributed by atoms with Crippen LogP contribution < -0.4 is 11.1 Å². The first-order valence-corrected chi connectivity index (χ1v) is 8.22. The fourth-order valence-electron chi connectivity index (χ4n) is 1.83. The van der Waals surface area contributed by atoms with E-state index in [1.165, 1.54) is 13.0 Å². The summed E-state index contributed by atoms with van der Waals surface area (Å²) in [5.41, 5.74) is 6.78. The van der Waals surface area contributed by atoms with Gasteiger partial charge in [0.15, 0.2) is 9.84 Å². The van der Waals surface area contributed by atoms with E-state index in [4.69, 9.17) is 10.5 Å². The molecule has 0 fully saturated rings. The summed E-state index contributed by atoms with van der Waals surface area (Å²) >= 11 is 0. The number of benzene rings is 1. The van der Waals surface area contributed by atoms with Crippen LogP contribution in [0.2, 0.25) is 0 Å². The zero-order valence-corrected chi connectivity index (χ0v) is 13.4. The van der Waals surface area contributed by atoms with Gasteiger partial charge in [0, 0.05) is 20.3 Å². The van der Waals surface area contributed by atoms with E-state index in [1.54, 1.807) is 19.2 Å². The van der Waals surface area contributed by atoms with Crippen LogP contribution in [0.25, 0.3) is 0 Å². The Kier molecular flexibility index (Phi) is 6.17. The number of nitrogen functional groups attached to an aromatic ring is 1. The molecule has 0 radical (unpaired) electrons. The second kappa shape index (κ2) is 7.42. The Balaban J connectivity index is 2.84. The fraction of sp³-hybridized carbons (Fsp3) is 0.500. The first kappa shape index (κ1) is 17.5. The minimum absolute atomic E-state index is 0.00681. The molecule has 0 aliphatic carbocycles. The number of carbonyl (C=O) groups excluding carboxylic acids is 1. The summed E-state index contributed by atoms with van der Waals surface area (Å²) in [7, 11) is -2.23. The lowest BCUT2D eigenvalue weighted by Gasteiger charge is -2.15. The number of hydrogen-bond donors (Lipinski definition) is 2. The number of nitrogens with one attached hydrogen (secondary N) is 1. The molecule has 0 aliphatic rings. The highest BCUT2D eigenvalue weighted by Gasteiger charge is 2.30. The summed E-state index contributed by atoms with van der Waals surface area (Å²) in [6, 6.07) is 4.68. The number of carbonyl (C=O) groups is 1. The molecule has 1 aromatic rings. The van der Waals surface area contributed by atoms with Crippen LogP contribution in [0.15, 0.2) is 23.1 Å². The van der Waals surface area contributed by atoms with Gasteiger partial charge in [0.05, 0.1) is 10.6 Å². The molecule has 1 aromatic carbocycles. The summed E-state index contributed by atoms with van der Waals surface area (Å²) in [6.07, 6.45) is 0.627. The van der Waals surface area contributed by atoms with E-state index in [0.29, 0.717) is 19.6 Å². The molecule has 1 amide bonds. The molecule has 3 N–H and O–H groups in total. The molecular formula is C14H22N2O4S. The predicted octanol–water partition coefficient (Wildman–Crippen LogP) is 0.892. The highest BCUT2D eigenvalue weighted by molar-refractivity contribution is 7.93. The molecule has 0 aliphatic heterocycles. The van der Waals surface area contributed by atoms with Crippen molar-refractivity contribution in [3.05, 3.63) is 23.8 Å². The lowest BCUT2D eigenvalue weighted by atomic mass is 10.2. The molecule has 21 heavy (non-hydrogen) atoms. The SMILES string of the molecule is COCCCNC(=O)C(C)S(=O)(=O)c1ccc(C)cc1N. The van der Waals surface area contributed by atoms with Crippen molar-refractivity contribution in [3.63, 3.8) is 0 Å². The van der Waals surface area contributed by atoms with Crippen molar-refractivity contribution in [2.24, 2.45) is 0 Å². The molecule has 7 heteroatoms. The van der Waals surface area contributed by atoms with Gasteiger partial charge in [0.2, 0.25) is 5.91 Å². The molecule has 1 atom stereocenters. The van der Waals surface area contributed by atoms with Crippen molar-refractivity contribution in [1.29, 1.82) is 0 Å². The van der Waals surface area contributed by atoms with Gasteiger partial charge < -0.3 is 15.8 Å². The Bertz CT molecular complexity index is 599. The van der Waals surface area contributed by atoms with Crippen LogP contribution in [0.3, 0.4) is 0 Å². The number of aryl methyl sites for hydroxylation is 1. The molecule has 0 saturated heterocycles. The third kappa shape index (κ3) is 4.44. The highest BCUT2D eigenvalue weighted by atomic mass is 32.2. The van der Waals surface area contributed by atoms with Crippen molar-refractivity contribution in [2.45, 2.75) is 30.4 Å². The molecule has 118 valence electrons. The van der Waals surface area contributed by atoms with Crippen LogP contribution in [0.5, 0.6) is 0 Å². The lowest BCUT2D eigenvalue weighted by molar-refractivity contribution is -0.120. The number of amides is 1. The van der Waals surface area contributed by atoms with Gasteiger partial charge >= 0.3 is 0 Å². The van der Waals surface area contributed by atoms with Crippen LogP contribution in [0.4, 0.5) is 5.69 Å². The van der Waals surface area contributed by atoms with E-state index < -0.39 is 21.0 Å². The molecule has 0 spiro atoms. The Hall–Kier alpha value is -1.60. The standard InChI is InChI=1S/C14H22N2O4S/c1-10-5-6-13(12(15)9-10)21(18,19)11(2)14(17)16-7-4-8-20-3/h5-6,9,11H,4,7-8,15H2,1-3H3,(H,16,17). The van der Waals surface area contributed by atoms with E-state index in [1.807, 2.05) is 6.92 Å². The third-order valence-electron chi connectivity index (χ3n) is 3.13. The normalized spacial score (nSPS) is 12.9. The number of sulfone groups is 1. The van der Waals surface area contributed by atoms with Gasteiger partial charge in [-0.25, -0.2) is 8.42 Å². The maximum absolute atomic E-state index is 12.4. The number of rotatable bonds is 7. The molecule has 6 nitrogen and oxygen atoms in total. The molecule has 0 aromatic heterocycles. The molecule has 1 unspecified atom stereocenters. The van der Waals surface area contributed by atoms with Crippen molar-refractivity contribution in [2.75, 3.05) is 26.0 Å². The molecule has 0 saturated carbocycles. The topological polar surface area (TPSA) is 98.5 Å². The minimum Gasteiger partial charge on any atom is -0.398 e. The number of methoxy groups -OCH3 is 1. The first-order chi connectivity index (χ1) is 9.80. The number of nitrogens with two attached hydrogens (primary N) is 1. The largest absolute Gasteiger partial charge is 0.398 e. The smallest absolute Gasteiger partial charge is 0.238 e. The van der Waals surface area contributed by atoms with Gasteiger partial charge in [-0.3, -0.25) is 4.79 Å². The second-order valence-corrected chi connectivity index (χ2v) is 7.10. The van der Waals surface area contributed by atoms with Gasteiger partial charge in [0.25, 0.3) is 0 Å². The summed E-state index contributed by atoms with van der Waals surface area (Å²) < 4.78 is 29.7. The van der Waals surface area contributed by atoms with E-state index >= 15 is 0 Å². The van der Waals surface area contributed by atoms with Gasteiger partial charge in [-0.2, -0.15) is 0 Å². The van der Waals surface area contributed by atoms with Crippen LogP contribution in [-0.2, 0) is 19.4 Å². The van der Waals surface area contributed by atoms with Crippen molar-refractivity contribution in [1.82, 2.24) is 5.32 Å². The lowest BCUT2D eigenvalue weighted by Crippen LogP contribution is -2.38. The van der Waals surface area contributed by atoms with Crippen molar-refractivity contribution >= 4 is 21.4 Å². The maximum atomic E-state index is 12.4. The van der Waals surface area contributed by atoms with E-state index in [-0.39, 0.29) is 10.6 Å². The zero-order valence-electron chi connectivity index (χ0n) is 12.5. The summed E-state index contributed by atoms with van der Waals surface area (Å²) in [5.74, 6) is -0.536. The zero-order chi connectivity index (χ0) is 16.0. The van der Waals surface area contributed by atoms with Gasteiger partial charge in [-0.05, 0) is 38.0 Å². The van der Waals surface area contributed by atoms with E-state index in [9.17, 15) is 13.2 Å². The third-order valence-corrected chi connectivity index (χ3v) is 5.26. The predicted molar refractivity (Wildman–Crippen MR) is 81.7 cm³/mol. The van der Waals surface area contributed by atoms with Gasteiger partial charge in [-0.15, -0.1) is 0 Å². The Morgan fingerprint density at radius 1 is 1.43 bits per heavy atom. The summed E-state index contributed by atoms with van der Waals surface area (Å²) in [5, 5.41) is 1.40. The van der Waals surface area contributed by atoms with E-state index in [0.717, 1.165) is 5.56 Å². The van der Waals surface area contributed by atoms with Crippen LogP contribution in [0, 0.1) is 6.92 Å². The average molecular weight is 314 g/mol. The quantitative estimate of drug-likeness (QED) is 0.575. The van der Waals surface area contributed by atoms with Crippen molar-refractivity contribution in [3.8, 4) is 0 Å². The first-order valence-electron chi connectivity index (χ1n) is 6.67. The summed E-state index contributed by atoms with van der Waals surface area (Å²) in [4.78, 5) is 11.9. The fourth-order valence-corrected chi connectivity index (χ4v) is 3.22. The van der Waals surface area contributed by atoms with Crippen LogP contribution in [0.1, 0.15) is 18.9 Å². The average Bonchev–Trinajstić information content (AvgIpc) is 2.42. The maximum Gasteiger partial charge on any atom is 0.238 e.